The third-order valence-corrected chi connectivity index (χ3v) is 5.65. The van der Waals surface area contributed by atoms with Gasteiger partial charge < -0.3 is 13.3 Å². The average molecular weight is 360 g/mol. The van der Waals surface area contributed by atoms with Gasteiger partial charge >= 0.3 is 14.7 Å². The highest BCUT2D eigenvalue weighted by molar-refractivity contribution is 6.62. The molecule has 0 bridgehead atoms. The Hall–Kier alpha value is -0.393. The van der Waals surface area contributed by atoms with Gasteiger partial charge in [-0.15, -0.1) is 0 Å². The van der Waals surface area contributed by atoms with Gasteiger partial charge in [0.25, 0.3) is 6.43 Å². The first-order valence-corrected chi connectivity index (χ1v) is 8.40. The van der Waals surface area contributed by atoms with Gasteiger partial charge in [0.1, 0.15) is 0 Å². The minimum atomic E-state index is -5.10. The van der Waals surface area contributed by atoms with Gasteiger partial charge in [0.15, 0.2) is 6.17 Å². The maximum Gasteiger partial charge on any atom is 0.543 e. The number of halogens is 7. The summed E-state index contributed by atoms with van der Waals surface area (Å²) in [5, 5.41) is 0. The molecule has 0 aromatic heterocycles. The molecule has 0 amide bonds. The van der Waals surface area contributed by atoms with Crippen LogP contribution >= 0.6 is 0 Å². The van der Waals surface area contributed by atoms with Crippen LogP contribution in [0.2, 0.25) is 0 Å². The maximum absolute atomic E-state index is 14.2. The van der Waals surface area contributed by atoms with Gasteiger partial charge in [0.2, 0.25) is 12.0 Å². The normalized spacial score (nSPS) is 17.6. The van der Waals surface area contributed by atoms with Crippen molar-refractivity contribution in [3.05, 3.63) is 0 Å². The highest BCUT2D eigenvalue weighted by Gasteiger charge is 2.67. The van der Waals surface area contributed by atoms with Gasteiger partial charge in [-0.2, -0.15) is 0 Å². The van der Waals surface area contributed by atoms with Crippen molar-refractivity contribution in [2.45, 2.75) is 51.3 Å². The van der Waals surface area contributed by atoms with Crippen LogP contribution in [0, 0.1) is 0 Å². The molecule has 0 aliphatic rings. The number of alkyl halides is 7. The summed E-state index contributed by atoms with van der Waals surface area (Å²) in [5.74, 6) is -8.62. The molecule has 0 heterocycles. The van der Waals surface area contributed by atoms with Crippen LogP contribution in [0.5, 0.6) is 0 Å². The summed E-state index contributed by atoms with van der Waals surface area (Å²) in [6.45, 7) is 3.09. The predicted octanol–water partition coefficient (Wildman–Crippen LogP) is 3.49. The second kappa shape index (κ2) is 9.04. The van der Waals surface area contributed by atoms with E-state index in [2.05, 4.69) is 0 Å². The average Bonchev–Trinajstić information content (AvgIpc) is 2.45. The largest absolute Gasteiger partial charge is 0.543 e. The Kier molecular flexibility index (Phi) is 8.88. The van der Waals surface area contributed by atoms with Gasteiger partial charge in [-0.25, -0.2) is 30.7 Å². The summed E-state index contributed by atoms with van der Waals surface area (Å²) in [4.78, 5) is 0. The summed E-state index contributed by atoms with van der Waals surface area (Å²) in [5.41, 5.74) is 0. The van der Waals surface area contributed by atoms with Gasteiger partial charge in [-0.05, 0) is 20.8 Å². The maximum atomic E-state index is 14.2. The van der Waals surface area contributed by atoms with Crippen LogP contribution < -0.4 is 0 Å². The lowest BCUT2D eigenvalue weighted by atomic mass is 10.1. The molecule has 11 heteroatoms. The van der Waals surface area contributed by atoms with E-state index in [1.807, 2.05) is 0 Å². The Morgan fingerprint density at radius 2 is 1.18 bits per heavy atom. The van der Waals surface area contributed by atoms with E-state index in [4.69, 9.17) is 13.3 Å². The molecule has 0 aromatic rings. The molecule has 0 aliphatic heterocycles. The van der Waals surface area contributed by atoms with Crippen LogP contribution in [0.3, 0.4) is 0 Å². The molecular formula is C11H19F7O3Si. The minimum Gasteiger partial charge on any atom is -0.372 e. The van der Waals surface area contributed by atoms with Crippen molar-refractivity contribution in [1.29, 1.82) is 0 Å². The molecule has 3 unspecified atom stereocenters. The summed E-state index contributed by atoms with van der Waals surface area (Å²) in [6.07, 6.45) is -11.9. The molecule has 0 fully saturated rings. The van der Waals surface area contributed by atoms with E-state index in [0.29, 0.717) is 0 Å². The standard InChI is InChI=1S/C11H19F7O3Si/c1-4-19-22(20-5-2,21-6-3)10(16)11(17,18)8(13)7(12)9(14)15/h7-10H,4-6H2,1-3H3. The Morgan fingerprint density at radius 3 is 1.45 bits per heavy atom. The first kappa shape index (κ1) is 21.6. The molecule has 0 spiro atoms. The van der Waals surface area contributed by atoms with Crippen LogP contribution in [-0.2, 0) is 13.3 Å². The van der Waals surface area contributed by atoms with Crippen molar-refractivity contribution in [2.24, 2.45) is 0 Å². The molecule has 0 saturated heterocycles. The molecule has 22 heavy (non-hydrogen) atoms. The van der Waals surface area contributed by atoms with Crippen LogP contribution in [0.4, 0.5) is 30.7 Å². The third kappa shape index (κ3) is 4.80. The van der Waals surface area contributed by atoms with Crippen molar-refractivity contribution in [1.82, 2.24) is 0 Å². The molecular weight excluding hydrogens is 341 g/mol. The van der Waals surface area contributed by atoms with E-state index in [1.54, 1.807) is 0 Å². The first-order chi connectivity index (χ1) is 10.1. The lowest BCUT2D eigenvalue weighted by Crippen LogP contribution is -2.64. The Morgan fingerprint density at radius 1 is 0.818 bits per heavy atom. The monoisotopic (exact) mass is 360 g/mol. The predicted molar refractivity (Wildman–Crippen MR) is 66.3 cm³/mol. The molecule has 0 saturated carbocycles. The van der Waals surface area contributed by atoms with Crippen molar-refractivity contribution in [3.63, 3.8) is 0 Å². The first-order valence-electron chi connectivity index (χ1n) is 6.60. The van der Waals surface area contributed by atoms with E-state index in [1.165, 1.54) is 20.8 Å². The SMILES string of the molecule is CCO[Si](OCC)(OCC)C(F)C(F)(F)C(F)C(F)C(F)F. The van der Waals surface area contributed by atoms with Gasteiger partial charge in [0, 0.05) is 19.8 Å². The van der Waals surface area contributed by atoms with Gasteiger partial charge in [0.05, 0.1) is 0 Å². The molecule has 134 valence electrons. The molecule has 3 atom stereocenters. The summed E-state index contributed by atoms with van der Waals surface area (Å²) < 4.78 is 106. The van der Waals surface area contributed by atoms with Crippen molar-refractivity contribution in [2.75, 3.05) is 19.8 Å². The van der Waals surface area contributed by atoms with Crippen LogP contribution in [-0.4, -0.2) is 59.1 Å². The molecule has 3 nitrogen and oxygen atoms in total. The van der Waals surface area contributed by atoms with Crippen molar-refractivity contribution >= 4 is 8.80 Å². The topological polar surface area (TPSA) is 27.7 Å². The second-order valence-corrected chi connectivity index (χ2v) is 6.70. The Balaban J connectivity index is 5.53. The molecule has 0 aromatic carbocycles. The van der Waals surface area contributed by atoms with Crippen LogP contribution in [0.15, 0.2) is 0 Å². The number of rotatable bonds is 11. The fourth-order valence-corrected chi connectivity index (χ4v) is 4.19. The zero-order valence-corrected chi connectivity index (χ0v) is 13.3. The van der Waals surface area contributed by atoms with Crippen molar-refractivity contribution in [3.8, 4) is 0 Å². The van der Waals surface area contributed by atoms with Crippen molar-refractivity contribution < 1.29 is 44.0 Å². The molecule has 0 rings (SSSR count). The number of hydrogen-bond acceptors (Lipinski definition) is 3. The summed E-state index contributed by atoms with van der Waals surface area (Å²) in [6, 6.07) is 0. The zero-order chi connectivity index (χ0) is 17.6. The van der Waals surface area contributed by atoms with Gasteiger partial charge in [-0.1, -0.05) is 0 Å². The quantitative estimate of drug-likeness (QED) is 0.417. The zero-order valence-electron chi connectivity index (χ0n) is 12.3. The Bertz CT molecular complexity index is 305. The smallest absolute Gasteiger partial charge is 0.372 e. The third-order valence-electron chi connectivity index (χ3n) is 2.57. The lowest BCUT2D eigenvalue weighted by Gasteiger charge is -2.35. The highest BCUT2D eigenvalue weighted by Crippen LogP contribution is 2.38. The van der Waals surface area contributed by atoms with Crippen LogP contribution in [0.25, 0.3) is 0 Å². The minimum absolute atomic E-state index is 0.298. The fraction of sp³-hybridized carbons (Fsp3) is 1.00. The highest BCUT2D eigenvalue weighted by atomic mass is 28.4. The van der Waals surface area contributed by atoms with Crippen LogP contribution in [0.1, 0.15) is 20.8 Å². The Labute approximate surface area is 125 Å². The van der Waals surface area contributed by atoms with E-state index in [-0.39, 0.29) is 19.8 Å². The second-order valence-electron chi connectivity index (χ2n) is 4.12. The fourth-order valence-electron chi connectivity index (χ4n) is 1.66. The lowest BCUT2D eigenvalue weighted by molar-refractivity contribution is -0.162. The number of hydrogen-bond donors (Lipinski definition) is 0. The van der Waals surface area contributed by atoms with Gasteiger partial charge in [-0.3, -0.25) is 0 Å². The summed E-state index contributed by atoms with van der Waals surface area (Å²) in [7, 11) is -4.75. The van der Waals surface area contributed by atoms with E-state index < -0.39 is 39.3 Å². The molecule has 0 N–H and O–H groups in total. The van der Waals surface area contributed by atoms with E-state index in [9.17, 15) is 30.7 Å². The van der Waals surface area contributed by atoms with E-state index in [0.717, 1.165) is 0 Å². The molecule has 0 aliphatic carbocycles. The van der Waals surface area contributed by atoms with E-state index >= 15 is 0 Å². The summed E-state index contributed by atoms with van der Waals surface area (Å²) >= 11 is 0. The molecule has 0 radical (unpaired) electrons.